The van der Waals surface area contributed by atoms with Gasteiger partial charge in [0.1, 0.15) is 6.04 Å². The summed E-state index contributed by atoms with van der Waals surface area (Å²) in [5, 5.41) is 9.98. The van der Waals surface area contributed by atoms with Gasteiger partial charge in [0.15, 0.2) is 0 Å². The van der Waals surface area contributed by atoms with E-state index < -0.39 is 6.04 Å². The van der Waals surface area contributed by atoms with E-state index in [-0.39, 0.29) is 5.91 Å². The lowest BCUT2D eigenvalue weighted by molar-refractivity contribution is 0.0932. The van der Waals surface area contributed by atoms with E-state index in [2.05, 4.69) is 20.4 Å². The SMILES string of the molecule is Cc1nc(-c2ccc(-c3noc([C@H](C)NC(=O)c4ccccc4)n3)cc2)cs1. The van der Waals surface area contributed by atoms with Crippen molar-refractivity contribution >= 4 is 17.2 Å². The molecule has 0 radical (unpaired) electrons. The number of aromatic nitrogens is 3. The zero-order chi connectivity index (χ0) is 19.5. The fraction of sp³-hybridized carbons (Fsp3) is 0.143. The van der Waals surface area contributed by atoms with Crippen molar-refractivity contribution in [1.82, 2.24) is 20.4 Å². The second-order valence-electron chi connectivity index (χ2n) is 6.35. The summed E-state index contributed by atoms with van der Waals surface area (Å²) in [4.78, 5) is 21.2. The molecular weight excluding hydrogens is 372 g/mol. The summed E-state index contributed by atoms with van der Waals surface area (Å²) >= 11 is 1.62. The molecule has 0 unspecified atom stereocenters. The van der Waals surface area contributed by atoms with Gasteiger partial charge in [-0.25, -0.2) is 4.98 Å². The third-order valence-electron chi connectivity index (χ3n) is 4.25. The lowest BCUT2D eigenvalue weighted by Gasteiger charge is -2.09. The third-order valence-corrected chi connectivity index (χ3v) is 5.03. The van der Waals surface area contributed by atoms with Gasteiger partial charge in [0.2, 0.25) is 11.7 Å². The van der Waals surface area contributed by atoms with Crippen molar-refractivity contribution in [3.63, 3.8) is 0 Å². The first-order valence-electron chi connectivity index (χ1n) is 8.82. The van der Waals surface area contributed by atoms with Crippen molar-refractivity contribution in [3.8, 4) is 22.6 Å². The van der Waals surface area contributed by atoms with Gasteiger partial charge in [-0.15, -0.1) is 11.3 Å². The molecule has 1 amide bonds. The van der Waals surface area contributed by atoms with Crippen LogP contribution < -0.4 is 5.32 Å². The van der Waals surface area contributed by atoms with Gasteiger partial charge in [0.05, 0.1) is 10.7 Å². The predicted molar refractivity (Wildman–Crippen MR) is 108 cm³/mol. The first kappa shape index (κ1) is 18.1. The molecule has 0 bridgehead atoms. The molecule has 28 heavy (non-hydrogen) atoms. The van der Waals surface area contributed by atoms with Crippen molar-refractivity contribution < 1.29 is 9.32 Å². The van der Waals surface area contributed by atoms with E-state index in [0.29, 0.717) is 17.3 Å². The van der Waals surface area contributed by atoms with Gasteiger partial charge in [-0.2, -0.15) is 4.98 Å². The van der Waals surface area contributed by atoms with Gasteiger partial charge in [0.25, 0.3) is 5.91 Å². The zero-order valence-corrected chi connectivity index (χ0v) is 16.2. The van der Waals surface area contributed by atoms with Crippen LogP contribution in [0.5, 0.6) is 0 Å². The Labute approximate surface area is 166 Å². The highest BCUT2D eigenvalue weighted by atomic mass is 32.1. The molecule has 4 rings (SSSR count). The highest BCUT2D eigenvalue weighted by Gasteiger charge is 2.18. The fourth-order valence-electron chi connectivity index (χ4n) is 2.75. The number of carbonyl (C=O) groups excluding carboxylic acids is 1. The molecule has 0 aliphatic heterocycles. The Hall–Kier alpha value is -3.32. The average Bonchev–Trinajstić information content (AvgIpc) is 3.38. The number of carbonyl (C=O) groups is 1. The van der Waals surface area contributed by atoms with E-state index in [1.54, 1.807) is 23.5 Å². The van der Waals surface area contributed by atoms with Gasteiger partial charge in [-0.1, -0.05) is 47.6 Å². The first-order chi connectivity index (χ1) is 13.6. The number of nitrogens with one attached hydrogen (secondary N) is 1. The molecule has 0 saturated carbocycles. The molecule has 4 aromatic rings. The topological polar surface area (TPSA) is 80.9 Å². The number of thiazole rings is 1. The normalized spacial score (nSPS) is 11.9. The molecule has 140 valence electrons. The van der Waals surface area contributed by atoms with Crippen LogP contribution in [-0.4, -0.2) is 21.0 Å². The predicted octanol–water partition coefficient (Wildman–Crippen LogP) is 4.66. The van der Waals surface area contributed by atoms with Crippen LogP contribution >= 0.6 is 11.3 Å². The quantitative estimate of drug-likeness (QED) is 0.536. The van der Waals surface area contributed by atoms with Crippen molar-refractivity contribution in [1.29, 1.82) is 0 Å². The minimum atomic E-state index is -0.397. The number of rotatable bonds is 5. The number of hydrogen-bond acceptors (Lipinski definition) is 6. The first-order valence-corrected chi connectivity index (χ1v) is 9.70. The summed E-state index contributed by atoms with van der Waals surface area (Å²) in [7, 11) is 0. The molecule has 2 heterocycles. The zero-order valence-electron chi connectivity index (χ0n) is 15.4. The van der Waals surface area contributed by atoms with Crippen molar-refractivity contribution in [2.24, 2.45) is 0 Å². The minimum absolute atomic E-state index is 0.184. The molecule has 0 saturated heterocycles. The Morgan fingerprint density at radius 1 is 1.04 bits per heavy atom. The molecule has 1 atom stereocenters. The van der Waals surface area contributed by atoms with Crippen LogP contribution in [0.25, 0.3) is 22.6 Å². The van der Waals surface area contributed by atoms with Crippen LogP contribution in [0, 0.1) is 6.92 Å². The van der Waals surface area contributed by atoms with Crippen LogP contribution in [0.1, 0.15) is 34.2 Å². The second kappa shape index (κ2) is 7.74. The smallest absolute Gasteiger partial charge is 0.251 e. The summed E-state index contributed by atoms with van der Waals surface area (Å²) < 4.78 is 5.35. The summed E-state index contributed by atoms with van der Waals surface area (Å²) in [6.07, 6.45) is 0. The maximum atomic E-state index is 12.3. The molecule has 6 nitrogen and oxygen atoms in total. The largest absolute Gasteiger partial charge is 0.341 e. The van der Waals surface area contributed by atoms with E-state index in [9.17, 15) is 4.79 Å². The Bertz CT molecular complexity index is 1090. The molecule has 0 aliphatic rings. The van der Waals surface area contributed by atoms with Gasteiger partial charge < -0.3 is 9.84 Å². The number of nitrogens with zero attached hydrogens (tertiary/aromatic N) is 3. The number of benzene rings is 2. The van der Waals surface area contributed by atoms with E-state index in [4.69, 9.17) is 4.52 Å². The van der Waals surface area contributed by atoms with Crippen LogP contribution in [0.2, 0.25) is 0 Å². The Morgan fingerprint density at radius 3 is 2.43 bits per heavy atom. The monoisotopic (exact) mass is 390 g/mol. The van der Waals surface area contributed by atoms with E-state index in [1.807, 2.05) is 61.7 Å². The van der Waals surface area contributed by atoms with Crippen molar-refractivity contribution in [2.45, 2.75) is 19.9 Å². The highest BCUT2D eigenvalue weighted by molar-refractivity contribution is 7.09. The lowest BCUT2D eigenvalue weighted by Crippen LogP contribution is -2.26. The van der Waals surface area contributed by atoms with Crippen LogP contribution in [-0.2, 0) is 0 Å². The molecule has 2 aromatic carbocycles. The van der Waals surface area contributed by atoms with Gasteiger partial charge in [0, 0.05) is 22.1 Å². The van der Waals surface area contributed by atoms with Gasteiger partial charge in [-0.05, 0) is 26.0 Å². The third kappa shape index (κ3) is 3.84. The summed E-state index contributed by atoms with van der Waals surface area (Å²) in [6.45, 7) is 3.80. The van der Waals surface area contributed by atoms with E-state index >= 15 is 0 Å². The van der Waals surface area contributed by atoms with E-state index in [1.165, 1.54) is 0 Å². The molecule has 2 aromatic heterocycles. The van der Waals surface area contributed by atoms with E-state index in [0.717, 1.165) is 21.8 Å². The molecule has 7 heteroatoms. The Balaban J connectivity index is 1.47. The molecule has 1 N–H and O–H groups in total. The Morgan fingerprint density at radius 2 is 1.75 bits per heavy atom. The highest BCUT2D eigenvalue weighted by Crippen LogP contribution is 2.25. The molecule has 0 fully saturated rings. The Kier molecular flexibility index (Phi) is 4.99. The standard InChI is InChI=1S/C21H18N4O2S/c1-13(22-20(26)17-6-4-3-5-7-17)21-24-19(25-27-21)16-10-8-15(9-11-16)18-12-28-14(2)23-18/h3-13H,1-2H3,(H,22,26)/t13-/m0/s1. The summed E-state index contributed by atoms with van der Waals surface area (Å²) in [6, 6.07) is 16.5. The second-order valence-corrected chi connectivity index (χ2v) is 7.41. The summed E-state index contributed by atoms with van der Waals surface area (Å²) in [5.41, 5.74) is 3.43. The number of amides is 1. The molecule has 0 aliphatic carbocycles. The fourth-order valence-corrected chi connectivity index (χ4v) is 3.37. The van der Waals surface area contributed by atoms with Crippen molar-refractivity contribution in [3.05, 3.63) is 76.4 Å². The lowest BCUT2D eigenvalue weighted by atomic mass is 10.1. The van der Waals surface area contributed by atoms with Crippen LogP contribution in [0.3, 0.4) is 0 Å². The maximum absolute atomic E-state index is 12.3. The van der Waals surface area contributed by atoms with Gasteiger partial charge >= 0.3 is 0 Å². The van der Waals surface area contributed by atoms with Crippen molar-refractivity contribution in [2.75, 3.05) is 0 Å². The molecule has 0 spiro atoms. The summed E-state index contributed by atoms with van der Waals surface area (Å²) in [5.74, 6) is 0.658. The molecular formula is C21H18N4O2S. The van der Waals surface area contributed by atoms with Crippen LogP contribution in [0.4, 0.5) is 0 Å². The number of hydrogen-bond donors (Lipinski definition) is 1. The van der Waals surface area contributed by atoms with Crippen LogP contribution in [0.15, 0.2) is 64.5 Å². The van der Waals surface area contributed by atoms with Gasteiger partial charge in [-0.3, -0.25) is 4.79 Å². The number of aryl methyl sites for hydroxylation is 1. The average molecular weight is 390 g/mol. The maximum Gasteiger partial charge on any atom is 0.251 e. The minimum Gasteiger partial charge on any atom is -0.341 e.